The number of hydrogen-bond donors (Lipinski definition) is 1. The standard InChI is InChI=1S/C19H25N3S.ClH/c1-16-19(23-15-21-16)14-22(13-18-9-10-20-12-18)11-5-8-17-6-3-2-4-7-17;/h2-8,15,18,20H,9-14H2,1H3;1H/b8-5+;. The molecule has 0 spiro atoms. The van der Waals surface area contributed by atoms with Crippen LogP contribution in [-0.4, -0.2) is 36.1 Å². The maximum atomic E-state index is 4.39. The van der Waals surface area contributed by atoms with E-state index >= 15 is 0 Å². The van der Waals surface area contributed by atoms with Crippen LogP contribution in [0.5, 0.6) is 0 Å². The minimum Gasteiger partial charge on any atom is -0.316 e. The van der Waals surface area contributed by atoms with E-state index in [0.29, 0.717) is 0 Å². The highest BCUT2D eigenvalue weighted by atomic mass is 35.5. The lowest BCUT2D eigenvalue weighted by Gasteiger charge is -2.23. The Labute approximate surface area is 155 Å². The summed E-state index contributed by atoms with van der Waals surface area (Å²) in [6.45, 7) is 7.58. The summed E-state index contributed by atoms with van der Waals surface area (Å²) in [7, 11) is 0. The second-order valence-corrected chi connectivity index (χ2v) is 7.17. The van der Waals surface area contributed by atoms with Gasteiger partial charge in [0.15, 0.2) is 0 Å². The third kappa shape index (κ3) is 5.71. The van der Waals surface area contributed by atoms with E-state index in [2.05, 4.69) is 64.6 Å². The summed E-state index contributed by atoms with van der Waals surface area (Å²) in [6.07, 6.45) is 5.80. The summed E-state index contributed by atoms with van der Waals surface area (Å²) in [5, 5.41) is 3.48. The number of aromatic nitrogens is 1. The first kappa shape index (κ1) is 19.1. The van der Waals surface area contributed by atoms with Crippen LogP contribution in [-0.2, 0) is 6.54 Å². The molecule has 0 aliphatic carbocycles. The molecule has 1 aromatic carbocycles. The first-order valence-electron chi connectivity index (χ1n) is 8.35. The Hall–Kier alpha value is -1.20. The predicted molar refractivity (Wildman–Crippen MR) is 106 cm³/mol. The molecule has 1 aliphatic rings. The molecule has 0 radical (unpaired) electrons. The molecule has 1 fully saturated rings. The van der Waals surface area contributed by atoms with E-state index in [1.54, 1.807) is 11.3 Å². The van der Waals surface area contributed by atoms with Crippen molar-refractivity contribution in [2.75, 3.05) is 26.2 Å². The number of thiazole rings is 1. The molecule has 1 saturated heterocycles. The van der Waals surface area contributed by atoms with Gasteiger partial charge in [0.1, 0.15) is 0 Å². The molecule has 2 heterocycles. The summed E-state index contributed by atoms with van der Waals surface area (Å²) < 4.78 is 0. The number of rotatable bonds is 7. The normalized spacial score (nSPS) is 17.5. The van der Waals surface area contributed by atoms with Gasteiger partial charge in [-0.05, 0) is 37.9 Å². The van der Waals surface area contributed by atoms with Gasteiger partial charge in [-0.25, -0.2) is 4.98 Å². The van der Waals surface area contributed by atoms with Crippen LogP contribution in [0, 0.1) is 12.8 Å². The van der Waals surface area contributed by atoms with Crippen molar-refractivity contribution in [3.63, 3.8) is 0 Å². The number of halogens is 1. The Morgan fingerprint density at radius 2 is 2.17 bits per heavy atom. The zero-order chi connectivity index (χ0) is 15.9. The van der Waals surface area contributed by atoms with Crippen molar-refractivity contribution in [3.8, 4) is 0 Å². The number of benzene rings is 1. The Kier molecular flexibility index (Phi) is 7.92. The highest BCUT2D eigenvalue weighted by molar-refractivity contribution is 7.09. The molecule has 1 atom stereocenters. The molecule has 1 N–H and O–H groups in total. The monoisotopic (exact) mass is 363 g/mol. The minimum absolute atomic E-state index is 0. The van der Waals surface area contributed by atoms with Gasteiger partial charge in [0.25, 0.3) is 0 Å². The summed E-state index contributed by atoms with van der Waals surface area (Å²) in [5.41, 5.74) is 4.40. The molecular formula is C19H26ClN3S. The summed E-state index contributed by atoms with van der Waals surface area (Å²) in [6, 6.07) is 10.5. The van der Waals surface area contributed by atoms with Crippen molar-refractivity contribution in [2.24, 2.45) is 5.92 Å². The Morgan fingerprint density at radius 1 is 1.33 bits per heavy atom. The van der Waals surface area contributed by atoms with Crippen molar-refractivity contribution >= 4 is 29.8 Å². The smallest absolute Gasteiger partial charge is 0.0798 e. The van der Waals surface area contributed by atoms with Gasteiger partial charge in [-0.1, -0.05) is 42.5 Å². The van der Waals surface area contributed by atoms with Crippen molar-refractivity contribution in [3.05, 3.63) is 58.1 Å². The van der Waals surface area contributed by atoms with Crippen LogP contribution in [0.4, 0.5) is 0 Å². The van der Waals surface area contributed by atoms with Crippen LogP contribution >= 0.6 is 23.7 Å². The molecule has 24 heavy (non-hydrogen) atoms. The first-order chi connectivity index (χ1) is 11.3. The molecule has 130 valence electrons. The van der Waals surface area contributed by atoms with E-state index in [-0.39, 0.29) is 12.4 Å². The van der Waals surface area contributed by atoms with Gasteiger partial charge in [0.2, 0.25) is 0 Å². The summed E-state index contributed by atoms with van der Waals surface area (Å²) in [4.78, 5) is 8.34. The van der Waals surface area contributed by atoms with Crippen LogP contribution in [0.1, 0.15) is 22.6 Å². The maximum absolute atomic E-state index is 4.39. The molecule has 0 amide bonds. The van der Waals surface area contributed by atoms with E-state index in [9.17, 15) is 0 Å². The molecule has 0 saturated carbocycles. The second kappa shape index (κ2) is 9.94. The fourth-order valence-electron chi connectivity index (χ4n) is 3.02. The van der Waals surface area contributed by atoms with Gasteiger partial charge in [0.05, 0.1) is 11.2 Å². The van der Waals surface area contributed by atoms with Crippen LogP contribution in [0.15, 0.2) is 41.9 Å². The van der Waals surface area contributed by atoms with Crippen molar-refractivity contribution in [2.45, 2.75) is 19.9 Å². The molecule has 1 unspecified atom stereocenters. The quantitative estimate of drug-likeness (QED) is 0.805. The van der Waals surface area contributed by atoms with Gasteiger partial charge >= 0.3 is 0 Å². The first-order valence-corrected chi connectivity index (χ1v) is 9.23. The molecule has 3 rings (SSSR count). The molecular weight excluding hydrogens is 338 g/mol. The van der Waals surface area contributed by atoms with E-state index in [0.717, 1.165) is 38.6 Å². The Morgan fingerprint density at radius 3 is 2.83 bits per heavy atom. The minimum atomic E-state index is 0. The average Bonchev–Trinajstić information content (AvgIpc) is 3.21. The lowest BCUT2D eigenvalue weighted by molar-refractivity contribution is 0.254. The van der Waals surface area contributed by atoms with Gasteiger partial charge in [-0.2, -0.15) is 0 Å². The highest BCUT2D eigenvalue weighted by Crippen LogP contribution is 2.18. The van der Waals surface area contributed by atoms with E-state index in [1.807, 2.05) is 5.51 Å². The highest BCUT2D eigenvalue weighted by Gasteiger charge is 2.18. The zero-order valence-corrected chi connectivity index (χ0v) is 15.8. The average molecular weight is 364 g/mol. The van der Waals surface area contributed by atoms with Crippen LogP contribution in [0.2, 0.25) is 0 Å². The van der Waals surface area contributed by atoms with Crippen LogP contribution < -0.4 is 5.32 Å². The Balaban J connectivity index is 0.00000208. The topological polar surface area (TPSA) is 28.2 Å². The SMILES string of the molecule is Cc1ncsc1CN(C/C=C/c1ccccc1)CC1CCNC1.Cl. The number of nitrogens with zero attached hydrogens (tertiary/aromatic N) is 2. The maximum Gasteiger partial charge on any atom is 0.0798 e. The molecule has 2 aromatic rings. The fraction of sp³-hybridized carbons (Fsp3) is 0.421. The van der Waals surface area contributed by atoms with E-state index < -0.39 is 0 Å². The zero-order valence-electron chi connectivity index (χ0n) is 14.1. The van der Waals surface area contributed by atoms with Crippen LogP contribution in [0.25, 0.3) is 6.08 Å². The van der Waals surface area contributed by atoms with Gasteiger partial charge in [-0.15, -0.1) is 23.7 Å². The third-order valence-electron chi connectivity index (χ3n) is 4.36. The third-order valence-corrected chi connectivity index (χ3v) is 5.28. The molecule has 1 aliphatic heterocycles. The van der Waals surface area contributed by atoms with Crippen molar-refractivity contribution < 1.29 is 0 Å². The van der Waals surface area contributed by atoms with Gasteiger partial charge in [0, 0.05) is 24.5 Å². The summed E-state index contributed by atoms with van der Waals surface area (Å²) >= 11 is 1.77. The van der Waals surface area contributed by atoms with E-state index in [1.165, 1.54) is 22.6 Å². The molecule has 3 nitrogen and oxygen atoms in total. The fourth-order valence-corrected chi connectivity index (χ4v) is 3.84. The molecule has 5 heteroatoms. The number of nitrogens with one attached hydrogen (secondary N) is 1. The lowest BCUT2D eigenvalue weighted by atomic mass is 10.1. The van der Waals surface area contributed by atoms with Crippen molar-refractivity contribution in [1.29, 1.82) is 0 Å². The van der Waals surface area contributed by atoms with Crippen LogP contribution in [0.3, 0.4) is 0 Å². The number of aryl methyl sites for hydroxylation is 1. The summed E-state index contributed by atoms with van der Waals surface area (Å²) in [5.74, 6) is 0.772. The second-order valence-electron chi connectivity index (χ2n) is 6.23. The van der Waals surface area contributed by atoms with E-state index in [4.69, 9.17) is 0 Å². The van der Waals surface area contributed by atoms with Gasteiger partial charge in [-0.3, -0.25) is 4.90 Å². The van der Waals surface area contributed by atoms with Crippen molar-refractivity contribution in [1.82, 2.24) is 15.2 Å². The molecule has 1 aromatic heterocycles. The lowest BCUT2D eigenvalue weighted by Crippen LogP contribution is -2.30. The molecule has 0 bridgehead atoms. The largest absolute Gasteiger partial charge is 0.316 e. The predicted octanol–water partition coefficient (Wildman–Crippen LogP) is 4.00. The number of hydrogen-bond acceptors (Lipinski definition) is 4. The van der Waals surface area contributed by atoms with Gasteiger partial charge < -0.3 is 5.32 Å². The Bertz CT molecular complexity index is 621.